The van der Waals surface area contributed by atoms with E-state index in [1.165, 1.54) is 0 Å². The van der Waals surface area contributed by atoms with E-state index in [0.29, 0.717) is 31.8 Å². The molecule has 3 amide bonds. The average Bonchev–Trinajstić information content (AvgIpc) is 3.18. The van der Waals surface area contributed by atoms with Crippen molar-refractivity contribution in [2.45, 2.75) is 38.8 Å². The first kappa shape index (κ1) is 16.5. The fraction of sp³-hybridized carbons (Fsp3) is 0.588. The fourth-order valence-electron chi connectivity index (χ4n) is 3.56. The van der Waals surface area contributed by atoms with E-state index < -0.39 is 0 Å². The lowest BCUT2D eigenvalue weighted by Crippen LogP contribution is -2.50. The summed E-state index contributed by atoms with van der Waals surface area (Å²) < 4.78 is 5.27. The topological polar surface area (TPSA) is 96.8 Å². The van der Waals surface area contributed by atoms with Gasteiger partial charge in [-0.2, -0.15) is 0 Å². The van der Waals surface area contributed by atoms with Gasteiger partial charge in [-0.05, 0) is 31.9 Å². The van der Waals surface area contributed by atoms with Crippen molar-refractivity contribution in [1.82, 2.24) is 9.80 Å². The maximum absolute atomic E-state index is 12.8. The minimum absolute atomic E-state index is 0.0409. The van der Waals surface area contributed by atoms with Crippen molar-refractivity contribution in [2.24, 2.45) is 17.6 Å². The largest absolute Gasteiger partial charge is 0.467 e. The van der Waals surface area contributed by atoms with Crippen molar-refractivity contribution < 1.29 is 18.8 Å². The smallest absolute Gasteiger partial charge is 0.228 e. The molecule has 2 N–H and O–H groups in total. The number of furan rings is 1. The first-order valence-electron chi connectivity index (χ1n) is 8.35. The van der Waals surface area contributed by atoms with Crippen LogP contribution in [-0.2, 0) is 20.9 Å². The number of nitrogens with zero attached hydrogens (tertiary/aromatic N) is 2. The second kappa shape index (κ2) is 6.67. The van der Waals surface area contributed by atoms with E-state index in [9.17, 15) is 14.4 Å². The van der Waals surface area contributed by atoms with Gasteiger partial charge >= 0.3 is 0 Å². The van der Waals surface area contributed by atoms with Crippen molar-refractivity contribution >= 4 is 17.7 Å². The predicted molar refractivity (Wildman–Crippen MR) is 85.3 cm³/mol. The summed E-state index contributed by atoms with van der Waals surface area (Å²) in [6, 6.07) is 3.66. The summed E-state index contributed by atoms with van der Waals surface area (Å²) in [5.74, 6) is -0.397. The zero-order valence-electron chi connectivity index (χ0n) is 13.8. The maximum atomic E-state index is 12.8. The molecule has 24 heavy (non-hydrogen) atoms. The predicted octanol–water partition coefficient (Wildman–Crippen LogP) is 0.741. The lowest BCUT2D eigenvalue weighted by atomic mass is 9.91. The van der Waals surface area contributed by atoms with Crippen LogP contribution in [0.4, 0.5) is 0 Å². The number of carbonyl (C=O) groups excluding carboxylic acids is 3. The Labute approximate surface area is 140 Å². The van der Waals surface area contributed by atoms with Crippen molar-refractivity contribution in [3.05, 3.63) is 24.2 Å². The molecule has 0 bridgehead atoms. The molecule has 0 aliphatic carbocycles. The van der Waals surface area contributed by atoms with Crippen LogP contribution in [0, 0.1) is 11.8 Å². The molecule has 3 heterocycles. The number of amides is 3. The van der Waals surface area contributed by atoms with Gasteiger partial charge in [0, 0.05) is 25.6 Å². The number of primary amides is 1. The molecule has 7 nitrogen and oxygen atoms in total. The third-order valence-electron chi connectivity index (χ3n) is 5.06. The highest BCUT2D eigenvalue weighted by Crippen LogP contribution is 2.27. The second-order valence-electron chi connectivity index (χ2n) is 6.77. The number of piperidine rings is 1. The van der Waals surface area contributed by atoms with Gasteiger partial charge in [0.05, 0.1) is 24.6 Å². The molecule has 2 aliphatic heterocycles. The maximum Gasteiger partial charge on any atom is 0.228 e. The summed E-state index contributed by atoms with van der Waals surface area (Å²) in [5, 5.41) is 0. The summed E-state index contributed by atoms with van der Waals surface area (Å²) in [7, 11) is 0. The number of rotatable bonds is 4. The van der Waals surface area contributed by atoms with Crippen LogP contribution in [0.2, 0.25) is 0 Å². The normalized spacial score (nSPS) is 27.5. The first-order chi connectivity index (χ1) is 11.5. The third-order valence-corrected chi connectivity index (χ3v) is 5.06. The van der Waals surface area contributed by atoms with Crippen LogP contribution in [0.25, 0.3) is 0 Å². The Balaban J connectivity index is 1.64. The van der Waals surface area contributed by atoms with E-state index in [-0.39, 0.29) is 42.0 Å². The van der Waals surface area contributed by atoms with Gasteiger partial charge in [0.15, 0.2) is 0 Å². The summed E-state index contributed by atoms with van der Waals surface area (Å²) >= 11 is 0. The Bertz CT molecular complexity index is 628. The first-order valence-corrected chi connectivity index (χ1v) is 8.35. The third kappa shape index (κ3) is 3.29. The van der Waals surface area contributed by atoms with E-state index in [2.05, 4.69) is 0 Å². The van der Waals surface area contributed by atoms with Crippen molar-refractivity contribution in [3.63, 3.8) is 0 Å². The molecule has 2 fully saturated rings. The monoisotopic (exact) mass is 333 g/mol. The Morgan fingerprint density at radius 3 is 2.75 bits per heavy atom. The molecular weight excluding hydrogens is 310 g/mol. The minimum Gasteiger partial charge on any atom is -0.467 e. The number of likely N-dealkylation sites (tertiary alicyclic amines) is 2. The van der Waals surface area contributed by atoms with Crippen LogP contribution >= 0.6 is 0 Å². The highest BCUT2D eigenvalue weighted by Gasteiger charge is 2.40. The van der Waals surface area contributed by atoms with E-state index in [4.69, 9.17) is 10.2 Å². The second-order valence-corrected chi connectivity index (χ2v) is 6.77. The standard InChI is InChI=1S/C17H23N3O4/c1-11-4-5-12(16(18)22)9-20(11)17(23)13-7-15(21)19(8-13)10-14-3-2-6-24-14/h2-3,6,11-13H,4-5,7-10H2,1H3,(H2,18,22)/t11-,12-,13+/m1/s1. The SMILES string of the molecule is C[C@@H]1CC[C@@H](C(N)=O)CN1C(=O)[C@H]1CC(=O)N(Cc2ccco2)C1. The Kier molecular flexibility index (Phi) is 4.59. The van der Waals surface area contributed by atoms with Crippen LogP contribution in [-0.4, -0.2) is 46.7 Å². The van der Waals surface area contributed by atoms with Gasteiger partial charge in [0.2, 0.25) is 17.7 Å². The lowest BCUT2D eigenvalue weighted by molar-refractivity contribution is -0.141. The van der Waals surface area contributed by atoms with Crippen LogP contribution in [0.1, 0.15) is 31.9 Å². The van der Waals surface area contributed by atoms with Crippen LogP contribution in [0.3, 0.4) is 0 Å². The van der Waals surface area contributed by atoms with Gasteiger partial charge in [0.25, 0.3) is 0 Å². The van der Waals surface area contributed by atoms with Gasteiger partial charge in [0.1, 0.15) is 5.76 Å². The Hall–Kier alpha value is -2.31. The van der Waals surface area contributed by atoms with Gasteiger partial charge in [-0.3, -0.25) is 14.4 Å². The highest BCUT2D eigenvalue weighted by atomic mass is 16.3. The molecule has 0 aromatic carbocycles. The quantitative estimate of drug-likeness (QED) is 0.879. The van der Waals surface area contributed by atoms with Crippen LogP contribution < -0.4 is 5.73 Å². The molecule has 3 rings (SSSR count). The molecule has 0 unspecified atom stereocenters. The zero-order chi connectivity index (χ0) is 17.3. The molecule has 7 heteroatoms. The Morgan fingerprint density at radius 1 is 1.29 bits per heavy atom. The van der Waals surface area contributed by atoms with Gasteiger partial charge in [-0.15, -0.1) is 0 Å². The van der Waals surface area contributed by atoms with Crippen molar-refractivity contribution in [1.29, 1.82) is 0 Å². The number of hydrogen-bond donors (Lipinski definition) is 1. The molecule has 0 saturated carbocycles. The zero-order valence-corrected chi connectivity index (χ0v) is 13.8. The van der Waals surface area contributed by atoms with Crippen LogP contribution in [0.15, 0.2) is 22.8 Å². The van der Waals surface area contributed by atoms with Crippen LogP contribution in [0.5, 0.6) is 0 Å². The van der Waals surface area contributed by atoms with E-state index in [1.807, 2.05) is 13.0 Å². The van der Waals surface area contributed by atoms with Gasteiger partial charge in [-0.1, -0.05) is 0 Å². The fourth-order valence-corrected chi connectivity index (χ4v) is 3.56. The number of hydrogen-bond acceptors (Lipinski definition) is 4. The summed E-state index contributed by atoms with van der Waals surface area (Å²) in [6.07, 6.45) is 3.26. The Morgan fingerprint density at radius 2 is 2.08 bits per heavy atom. The molecule has 2 aliphatic rings. The molecule has 0 radical (unpaired) electrons. The van der Waals surface area contributed by atoms with Crippen molar-refractivity contribution in [2.75, 3.05) is 13.1 Å². The lowest BCUT2D eigenvalue weighted by Gasteiger charge is -2.38. The molecule has 3 atom stereocenters. The summed E-state index contributed by atoms with van der Waals surface area (Å²) in [5.41, 5.74) is 5.40. The molecular formula is C17H23N3O4. The highest BCUT2D eigenvalue weighted by molar-refractivity contribution is 5.90. The number of carbonyl (C=O) groups is 3. The van der Waals surface area contributed by atoms with Crippen molar-refractivity contribution in [3.8, 4) is 0 Å². The molecule has 1 aromatic heterocycles. The molecule has 2 saturated heterocycles. The molecule has 130 valence electrons. The molecule has 0 spiro atoms. The summed E-state index contributed by atoms with van der Waals surface area (Å²) in [4.78, 5) is 39.9. The minimum atomic E-state index is -0.360. The van der Waals surface area contributed by atoms with Gasteiger partial charge in [-0.25, -0.2) is 0 Å². The average molecular weight is 333 g/mol. The number of nitrogens with two attached hydrogens (primary N) is 1. The van der Waals surface area contributed by atoms with E-state index in [0.717, 1.165) is 6.42 Å². The molecule has 1 aromatic rings. The van der Waals surface area contributed by atoms with E-state index >= 15 is 0 Å². The van der Waals surface area contributed by atoms with Gasteiger partial charge < -0.3 is 20.0 Å². The van der Waals surface area contributed by atoms with E-state index in [1.54, 1.807) is 22.1 Å². The summed E-state index contributed by atoms with van der Waals surface area (Å²) in [6.45, 7) is 3.11.